The summed E-state index contributed by atoms with van der Waals surface area (Å²) in [5, 5.41) is 3.96. The summed E-state index contributed by atoms with van der Waals surface area (Å²) >= 11 is 7.02. The van der Waals surface area contributed by atoms with E-state index in [0.717, 1.165) is 28.2 Å². The number of rotatable bonds is 6. The number of nitrogens with one attached hydrogen (secondary N) is 1. The second-order valence-corrected chi connectivity index (χ2v) is 6.40. The summed E-state index contributed by atoms with van der Waals surface area (Å²) in [6.07, 6.45) is 2.10. The predicted octanol–water partition coefficient (Wildman–Crippen LogP) is 4.69. The Hall–Kier alpha value is -0.350. The summed E-state index contributed by atoms with van der Waals surface area (Å²) in [5.74, 6) is -0.00655. The Bertz CT molecular complexity index is 434. The number of halogens is 2. The maximum atomic E-state index is 12.2. The molecular weight excluding hydrogens is 370 g/mol. The van der Waals surface area contributed by atoms with Crippen molar-refractivity contribution >= 4 is 37.8 Å². The lowest BCUT2D eigenvalue weighted by atomic mass is 9.84. The summed E-state index contributed by atoms with van der Waals surface area (Å²) in [7, 11) is 0. The van der Waals surface area contributed by atoms with E-state index in [1.807, 2.05) is 25.1 Å². The molecule has 1 aromatic carbocycles. The first-order valence-corrected chi connectivity index (χ1v) is 8.49. The van der Waals surface area contributed by atoms with Gasteiger partial charge in [-0.25, -0.2) is 0 Å². The van der Waals surface area contributed by atoms with Crippen molar-refractivity contribution in [2.75, 3.05) is 11.9 Å². The molecule has 4 heteroatoms. The molecule has 0 atom stereocenters. The second kappa shape index (κ2) is 7.44. The fourth-order valence-electron chi connectivity index (χ4n) is 1.84. The van der Waals surface area contributed by atoms with Crippen LogP contribution >= 0.6 is 31.9 Å². The predicted molar refractivity (Wildman–Crippen MR) is 88.0 cm³/mol. The number of carbonyl (C=O) groups excluding carboxylic acids is 1. The van der Waals surface area contributed by atoms with Crippen molar-refractivity contribution in [1.29, 1.82) is 0 Å². The molecule has 0 spiro atoms. The standard InChI is InChI=1S/C15H21Br2NO/c1-4-15(5-2,9-16)10-18-14(19)12-7-6-11(3)13(17)8-12/h6-8H,4-5,9-10H2,1-3H3,(H,18,19). The molecule has 0 radical (unpaired) electrons. The summed E-state index contributed by atoms with van der Waals surface area (Å²) < 4.78 is 0.970. The summed E-state index contributed by atoms with van der Waals surface area (Å²) in [4.78, 5) is 12.2. The van der Waals surface area contributed by atoms with E-state index in [9.17, 15) is 4.79 Å². The fourth-order valence-corrected chi connectivity index (χ4v) is 3.21. The van der Waals surface area contributed by atoms with Crippen molar-refractivity contribution in [1.82, 2.24) is 5.32 Å². The molecule has 106 valence electrons. The van der Waals surface area contributed by atoms with Gasteiger partial charge in [0.1, 0.15) is 0 Å². The van der Waals surface area contributed by atoms with Crippen LogP contribution in [0, 0.1) is 12.3 Å². The Balaban J connectivity index is 2.72. The van der Waals surface area contributed by atoms with E-state index in [1.165, 1.54) is 0 Å². The van der Waals surface area contributed by atoms with Crippen molar-refractivity contribution in [3.8, 4) is 0 Å². The van der Waals surface area contributed by atoms with Gasteiger partial charge in [-0.3, -0.25) is 4.79 Å². The van der Waals surface area contributed by atoms with Gasteiger partial charge in [0.25, 0.3) is 5.91 Å². The minimum atomic E-state index is -0.00655. The van der Waals surface area contributed by atoms with Crippen molar-refractivity contribution in [3.05, 3.63) is 33.8 Å². The Kier molecular flexibility index (Phi) is 6.54. The molecule has 0 saturated carbocycles. The maximum Gasteiger partial charge on any atom is 0.251 e. The average Bonchev–Trinajstić information content (AvgIpc) is 2.43. The smallest absolute Gasteiger partial charge is 0.251 e. The molecule has 1 N–H and O–H groups in total. The highest BCUT2D eigenvalue weighted by molar-refractivity contribution is 9.10. The minimum absolute atomic E-state index is 0.00655. The van der Waals surface area contributed by atoms with Gasteiger partial charge in [-0.05, 0) is 42.9 Å². The Labute approximate surface area is 132 Å². The number of aryl methyl sites for hydroxylation is 1. The molecule has 0 aliphatic carbocycles. The molecule has 0 aromatic heterocycles. The zero-order chi connectivity index (χ0) is 14.5. The molecule has 19 heavy (non-hydrogen) atoms. The number of carbonyl (C=O) groups is 1. The van der Waals surface area contributed by atoms with E-state index in [0.29, 0.717) is 12.1 Å². The molecule has 0 aliphatic rings. The van der Waals surface area contributed by atoms with Gasteiger partial charge in [0.05, 0.1) is 0 Å². The average molecular weight is 391 g/mol. The van der Waals surface area contributed by atoms with Crippen LogP contribution in [0.3, 0.4) is 0 Å². The molecule has 0 aliphatic heterocycles. The second-order valence-electron chi connectivity index (χ2n) is 4.99. The van der Waals surface area contributed by atoms with Gasteiger partial charge in [-0.1, -0.05) is 51.8 Å². The monoisotopic (exact) mass is 389 g/mol. The van der Waals surface area contributed by atoms with Crippen molar-refractivity contribution in [2.24, 2.45) is 5.41 Å². The first-order chi connectivity index (χ1) is 8.98. The lowest BCUT2D eigenvalue weighted by molar-refractivity contribution is 0.0932. The Morgan fingerprint density at radius 3 is 2.42 bits per heavy atom. The van der Waals surface area contributed by atoms with E-state index < -0.39 is 0 Å². The quantitative estimate of drug-likeness (QED) is 0.701. The van der Waals surface area contributed by atoms with E-state index in [1.54, 1.807) is 0 Å². The fraction of sp³-hybridized carbons (Fsp3) is 0.533. The largest absolute Gasteiger partial charge is 0.351 e. The number of alkyl halides is 1. The zero-order valence-electron chi connectivity index (χ0n) is 11.7. The minimum Gasteiger partial charge on any atom is -0.351 e. The molecule has 0 bridgehead atoms. The van der Waals surface area contributed by atoms with Gasteiger partial charge < -0.3 is 5.32 Å². The van der Waals surface area contributed by atoms with Gasteiger partial charge in [0.2, 0.25) is 0 Å². The van der Waals surface area contributed by atoms with Crippen LogP contribution in [0.15, 0.2) is 22.7 Å². The molecule has 1 rings (SSSR count). The molecule has 1 aromatic rings. The van der Waals surface area contributed by atoms with Crippen LogP contribution in [0.2, 0.25) is 0 Å². The third-order valence-electron chi connectivity index (χ3n) is 3.84. The van der Waals surface area contributed by atoms with Gasteiger partial charge in [-0.15, -0.1) is 0 Å². The van der Waals surface area contributed by atoms with Gasteiger partial charge >= 0.3 is 0 Å². The highest BCUT2D eigenvalue weighted by atomic mass is 79.9. The first-order valence-electron chi connectivity index (χ1n) is 6.58. The van der Waals surface area contributed by atoms with Crippen LogP contribution in [0.25, 0.3) is 0 Å². The number of amides is 1. The van der Waals surface area contributed by atoms with E-state index in [4.69, 9.17) is 0 Å². The van der Waals surface area contributed by atoms with Gasteiger partial charge in [-0.2, -0.15) is 0 Å². The summed E-state index contributed by atoms with van der Waals surface area (Å²) in [5.41, 5.74) is 1.99. The number of benzene rings is 1. The molecule has 0 unspecified atom stereocenters. The lowest BCUT2D eigenvalue weighted by Gasteiger charge is -2.29. The number of hydrogen-bond donors (Lipinski definition) is 1. The third-order valence-corrected chi connectivity index (χ3v) is 5.89. The number of hydrogen-bond acceptors (Lipinski definition) is 1. The van der Waals surface area contributed by atoms with Crippen LogP contribution in [-0.4, -0.2) is 17.8 Å². The topological polar surface area (TPSA) is 29.1 Å². The zero-order valence-corrected chi connectivity index (χ0v) is 14.9. The molecule has 1 amide bonds. The normalized spacial score (nSPS) is 11.4. The van der Waals surface area contributed by atoms with Crippen LogP contribution < -0.4 is 5.32 Å². The van der Waals surface area contributed by atoms with E-state index in [2.05, 4.69) is 51.0 Å². The molecule has 0 saturated heterocycles. The summed E-state index contributed by atoms with van der Waals surface area (Å²) in [6, 6.07) is 5.69. The Morgan fingerprint density at radius 1 is 1.32 bits per heavy atom. The molecule has 0 heterocycles. The SMILES string of the molecule is CCC(CC)(CBr)CNC(=O)c1ccc(C)c(Br)c1. The van der Waals surface area contributed by atoms with Crippen LogP contribution in [0.5, 0.6) is 0 Å². The van der Waals surface area contributed by atoms with Crippen molar-refractivity contribution < 1.29 is 4.79 Å². The van der Waals surface area contributed by atoms with Crippen LogP contribution in [-0.2, 0) is 0 Å². The highest BCUT2D eigenvalue weighted by Gasteiger charge is 2.25. The highest BCUT2D eigenvalue weighted by Crippen LogP contribution is 2.28. The molecule has 2 nitrogen and oxygen atoms in total. The van der Waals surface area contributed by atoms with Gasteiger partial charge in [0.15, 0.2) is 0 Å². The van der Waals surface area contributed by atoms with Crippen molar-refractivity contribution in [2.45, 2.75) is 33.6 Å². The Morgan fingerprint density at radius 2 is 1.95 bits per heavy atom. The van der Waals surface area contributed by atoms with Crippen LogP contribution in [0.4, 0.5) is 0 Å². The van der Waals surface area contributed by atoms with Gasteiger partial charge in [0, 0.05) is 21.9 Å². The lowest BCUT2D eigenvalue weighted by Crippen LogP contribution is -2.38. The van der Waals surface area contributed by atoms with Crippen molar-refractivity contribution in [3.63, 3.8) is 0 Å². The van der Waals surface area contributed by atoms with E-state index in [-0.39, 0.29) is 11.3 Å². The molecular formula is C15H21Br2NO. The first kappa shape index (κ1) is 16.7. The summed E-state index contributed by atoms with van der Waals surface area (Å²) in [6.45, 7) is 7.05. The third kappa shape index (κ3) is 4.32. The molecule has 0 fully saturated rings. The van der Waals surface area contributed by atoms with Crippen LogP contribution in [0.1, 0.15) is 42.6 Å². The van der Waals surface area contributed by atoms with E-state index >= 15 is 0 Å². The maximum absolute atomic E-state index is 12.2.